The van der Waals surface area contributed by atoms with Crippen LogP contribution in [0.2, 0.25) is 0 Å². The predicted octanol–water partition coefficient (Wildman–Crippen LogP) is 2.81. The average Bonchev–Trinajstić information content (AvgIpc) is 2.90. The molecule has 80 valence electrons. The van der Waals surface area contributed by atoms with Gasteiger partial charge in [-0.15, -0.1) is 29.8 Å². The Morgan fingerprint density at radius 2 is 1.67 bits per heavy atom. The van der Waals surface area contributed by atoms with Gasteiger partial charge in [0, 0.05) is 6.61 Å². The minimum absolute atomic E-state index is 0. The number of hydrogen-bond acceptors (Lipinski definition) is 1. The summed E-state index contributed by atoms with van der Waals surface area (Å²) < 4.78 is 0. The fourth-order valence-electron chi connectivity index (χ4n) is 1.01. The van der Waals surface area contributed by atoms with Crippen molar-refractivity contribution in [3.05, 3.63) is 66.2 Å². The molecule has 15 heavy (non-hydrogen) atoms. The normalized spacial score (nSPS) is 9.13. The van der Waals surface area contributed by atoms with Crippen LogP contribution in [0.15, 0.2) is 60.7 Å². The van der Waals surface area contributed by atoms with Gasteiger partial charge in [-0.05, 0) is 0 Å². The summed E-state index contributed by atoms with van der Waals surface area (Å²) in [7, 11) is 0. The molecule has 0 spiro atoms. The summed E-state index contributed by atoms with van der Waals surface area (Å²) in [4.78, 5) is 0. The molecular formula is C13H14FeO. The third-order valence-corrected chi connectivity index (χ3v) is 1.66. The zero-order chi connectivity index (χ0) is 10.1. The topological polar surface area (TPSA) is 20.2 Å². The van der Waals surface area contributed by atoms with Crippen molar-refractivity contribution in [3.63, 3.8) is 0 Å². The summed E-state index contributed by atoms with van der Waals surface area (Å²) in [5.41, 5.74) is 1.14. The third kappa shape index (κ3) is 6.92. The number of rotatable bonds is 2. The largest absolute Gasteiger partial charge is 2.00 e. The minimum Gasteiger partial charge on any atom is -0.402 e. The van der Waals surface area contributed by atoms with Crippen molar-refractivity contribution >= 4 is 6.08 Å². The second-order valence-electron chi connectivity index (χ2n) is 2.77. The predicted molar refractivity (Wildman–Crippen MR) is 60.2 cm³/mol. The van der Waals surface area contributed by atoms with Crippen LogP contribution in [0.3, 0.4) is 0 Å². The van der Waals surface area contributed by atoms with Crippen LogP contribution in [-0.4, -0.2) is 11.7 Å². The molecule has 0 saturated carbocycles. The third-order valence-electron chi connectivity index (χ3n) is 1.66. The second kappa shape index (κ2) is 9.47. The van der Waals surface area contributed by atoms with Gasteiger partial charge in [-0.25, -0.2) is 12.1 Å². The first-order valence-electron chi connectivity index (χ1n) is 4.59. The maximum atomic E-state index is 8.38. The zero-order valence-electron chi connectivity index (χ0n) is 8.36. The fourth-order valence-corrected chi connectivity index (χ4v) is 1.01. The van der Waals surface area contributed by atoms with Crippen molar-refractivity contribution in [2.24, 2.45) is 0 Å². The Bertz CT molecular complexity index is 302. The molecule has 0 fully saturated rings. The number of aliphatic hydroxyl groups is 1. The molecule has 0 amide bonds. The molecule has 1 nitrogen and oxygen atoms in total. The molecule has 2 aromatic carbocycles. The average molecular weight is 242 g/mol. The van der Waals surface area contributed by atoms with E-state index < -0.39 is 0 Å². The Labute approximate surface area is 101 Å². The van der Waals surface area contributed by atoms with Gasteiger partial charge in [-0.1, -0.05) is 0 Å². The molecule has 0 bridgehead atoms. The molecule has 0 aromatic heterocycles. The summed E-state index contributed by atoms with van der Waals surface area (Å²) in [6.45, 7) is 0.116. The van der Waals surface area contributed by atoms with Crippen molar-refractivity contribution in [2.75, 3.05) is 6.61 Å². The molecule has 2 heteroatoms. The van der Waals surface area contributed by atoms with Crippen molar-refractivity contribution in [1.29, 1.82) is 0 Å². The van der Waals surface area contributed by atoms with E-state index in [-0.39, 0.29) is 23.7 Å². The first kappa shape index (κ1) is 13.9. The standard InChI is InChI=1S/C8H9O.C5H5.Fe/c9-7-3-6-8-4-1-2-5-8;1-2-4-5-3-1;/h1-6,9H,7H2;1-5H;/q2*-1;+2. The molecule has 2 aromatic rings. The zero-order valence-corrected chi connectivity index (χ0v) is 9.46. The van der Waals surface area contributed by atoms with E-state index in [4.69, 9.17) is 5.11 Å². The van der Waals surface area contributed by atoms with Crippen LogP contribution < -0.4 is 0 Å². The molecule has 0 radical (unpaired) electrons. The first-order valence-corrected chi connectivity index (χ1v) is 4.59. The Kier molecular flexibility index (Phi) is 8.79. The van der Waals surface area contributed by atoms with E-state index in [2.05, 4.69) is 0 Å². The second-order valence-corrected chi connectivity index (χ2v) is 2.77. The van der Waals surface area contributed by atoms with E-state index in [9.17, 15) is 0 Å². The van der Waals surface area contributed by atoms with Crippen LogP contribution in [0.25, 0.3) is 6.08 Å². The van der Waals surface area contributed by atoms with Crippen molar-refractivity contribution in [1.82, 2.24) is 0 Å². The van der Waals surface area contributed by atoms with E-state index in [0.717, 1.165) is 5.56 Å². The SMILES string of the molecule is OCC=C[c-]1cccc1.[Fe+2].c1cc[cH-]c1. The molecule has 0 aliphatic carbocycles. The van der Waals surface area contributed by atoms with Crippen LogP contribution in [0, 0.1) is 0 Å². The monoisotopic (exact) mass is 242 g/mol. The van der Waals surface area contributed by atoms with Gasteiger partial charge in [0.05, 0.1) is 0 Å². The van der Waals surface area contributed by atoms with Crippen molar-refractivity contribution < 1.29 is 22.2 Å². The van der Waals surface area contributed by atoms with Gasteiger partial charge in [-0.3, -0.25) is 0 Å². The Hall–Kier alpha value is -1.08. The molecule has 2 rings (SSSR count). The van der Waals surface area contributed by atoms with E-state index in [1.165, 1.54) is 0 Å². The molecule has 0 saturated heterocycles. The van der Waals surface area contributed by atoms with Crippen LogP contribution >= 0.6 is 0 Å². The number of aliphatic hydroxyl groups excluding tert-OH is 1. The number of hydrogen-bond donors (Lipinski definition) is 1. The molecule has 0 aliphatic rings. The van der Waals surface area contributed by atoms with Crippen LogP contribution in [0.5, 0.6) is 0 Å². The molecule has 0 heterocycles. The molecule has 1 N–H and O–H groups in total. The summed E-state index contributed by atoms with van der Waals surface area (Å²) >= 11 is 0. The minimum atomic E-state index is 0. The van der Waals surface area contributed by atoms with Crippen molar-refractivity contribution in [3.8, 4) is 0 Å². The van der Waals surface area contributed by atoms with Crippen LogP contribution in [-0.2, 0) is 17.1 Å². The van der Waals surface area contributed by atoms with Gasteiger partial charge in [0.2, 0.25) is 0 Å². The fraction of sp³-hybridized carbons (Fsp3) is 0.0769. The molecule has 0 unspecified atom stereocenters. The van der Waals surface area contributed by atoms with E-state index in [0.29, 0.717) is 0 Å². The summed E-state index contributed by atoms with van der Waals surface area (Å²) in [6, 6.07) is 17.9. The summed E-state index contributed by atoms with van der Waals surface area (Å²) in [6.07, 6.45) is 3.61. The summed E-state index contributed by atoms with van der Waals surface area (Å²) in [5.74, 6) is 0. The van der Waals surface area contributed by atoms with E-state index in [1.54, 1.807) is 6.08 Å². The molecule has 0 atom stereocenters. The van der Waals surface area contributed by atoms with Gasteiger partial charge in [-0.2, -0.15) is 30.3 Å². The van der Waals surface area contributed by atoms with Gasteiger partial charge < -0.3 is 5.11 Å². The Morgan fingerprint density at radius 3 is 2.07 bits per heavy atom. The van der Waals surface area contributed by atoms with Gasteiger partial charge in [0.1, 0.15) is 0 Å². The maximum absolute atomic E-state index is 8.38. The van der Waals surface area contributed by atoms with Gasteiger partial charge >= 0.3 is 17.1 Å². The maximum Gasteiger partial charge on any atom is 2.00 e. The van der Waals surface area contributed by atoms with Crippen LogP contribution in [0.4, 0.5) is 0 Å². The summed E-state index contributed by atoms with van der Waals surface area (Å²) in [5, 5.41) is 8.38. The molecule has 0 aliphatic heterocycles. The Balaban J connectivity index is 0.000000280. The van der Waals surface area contributed by atoms with Crippen LogP contribution in [0.1, 0.15) is 5.56 Å². The smallest absolute Gasteiger partial charge is 0.402 e. The van der Waals surface area contributed by atoms with Gasteiger partial charge in [0.15, 0.2) is 0 Å². The van der Waals surface area contributed by atoms with Gasteiger partial charge in [0.25, 0.3) is 0 Å². The quantitative estimate of drug-likeness (QED) is 0.634. The van der Waals surface area contributed by atoms with Crippen molar-refractivity contribution in [2.45, 2.75) is 0 Å². The van der Waals surface area contributed by atoms with E-state index >= 15 is 0 Å². The van der Waals surface area contributed by atoms with E-state index in [1.807, 2.05) is 60.7 Å². The molecular weight excluding hydrogens is 228 g/mol. The Morgan fingerprint density at radius 1 is 1.07 bits per heavy atom. The first-order chi connectivity index (χ1) is 6.93.